The van der Waals surface area contributed by atoms with E-state index < -0.39 is 0 Å². The van der Waals surface area contributed by atoms with E-state index in [0.717, 1.165) is 29.7 Å². The number of H-pyrrole nitrogens is 1. The minimum absolute atomic E-state index is 0.00525. The average Bonchev–Trinajstić information content (AvgIpc) is 2.87. The molecule has 2 aromatic rings. The largest absolute Gasteiger partial charge is 0.342 e. The highest BCUT2D eigenvalue weighted by atomic mass is 16.2. The van der Waals surface area contributed by atoms with E-state index in [0.29, 0.717) is 31.7 Å². The van der Waals surface area contributed by atoms with Crippen LogP contribution in [0.5, 0.6) is 0 Å². The minimum Gasteiger partial charge on any atom is -0.342 e. The van der Waals surface area contributed by atoms with Crippen LogP contribution in [0.15, 0.2) is 18.2 Å². The number of urea groups is 1. The number of imidazole rings is 1. The number of rotatable bonds is 3. The number of carbonyl (C=O) groups excluding carboxylic acids is 2. The minimum atomic E-state index is -0.0553. The van der Waals surface area contributed by atoms with E-state index in [4.69, 9.17) is 0 Å². The number of nitrogens with zero attached hydrogens (tertiary/aromatic N) is 3. The second-order valence-electron chi connectivity index (χ2n) is 7.01. The van der Waals surface area contributed by atoms with Crippen LogP contribution in [0.2, 0.25) is 0 Å². The lowest BCUT2D eigenvalue weighted by molar-refractivity contribution is 0.0762. The fourth-order valence-electron chi connectivity index (χ4n) is 3.21. The number of aromatic amines is 1. The van der Waals surface area contributed by atoms with Crippen LogP contribution in [0.4, 0.5) is 4.79 Å². The summed E-state index contributed by atoms with van der Waals surface area (Å²) in [5.74, 6) is 0.928. The lowest BCUT2D eigenvalue weighted by atomic mass is 10.1. The quantitative estimate of drug-likeness (QED) is 0.885. The summed E-state index contributed by atoms with van der Waals surface area (Å²) in [6, 6.07) is 5.65. The third-order valence-corrected chi connectivity index (χ3v) is 4.60. The molecule has 140 valence electrons. The fourth-order valence-corrected chi connectivity index (χ4v) is 3.21. The van der Waals surface area contributed by atoms with Gasteiger partial charge >= 0.3 is 6.03 Å². The molecule has 0 spiro atoms. The predicted octanol–water partition coefficient (Wildman–Crippen LogP) is 2.39. The van der Waals surface area contributed by atoms with Gasteiger partial charge in [0.2, 0.25) is 0 Å². The maximum absolute atomic E-state index is 12.9. The molecule has 1 aromatic carbocycles. The van der Waals surface area contributed by atoms with Crippen LogP contribution in [0.1, 0.15) is 43.4 Å². The van der Waals surface area contributed by atoms with E-state index >= 15 is 0 Å². The van der Waals surface area contributed by atoms with Crippen molar-refractivity contribution in [2.24, 2.45) is 0 Å². The number of benzene rings is 1. The Morgan fingerprint density at radius 3 is 2.65 bits per heavy atom. The zero-order valence-electron chi connectivity index (χ0n) is 15.7. The van der Waals surface area contributed by atoms with Crippen molar-refractivity contribution in [3.63, 3.8) is 0 Å². The van der Waals surface area contributed by atoms with Gasteiger partial charge in [0, 0.05) is 44.2 Å². The Bertz CT molecular complexity index is 798. The highest BCUT2D eigenvalue weighted by Gasteiger charge is 2.23. The van der Waals surface area contributed by atoms with Gasteiger partial charge in [0.25, 0.3) is 5.91 Å². The van der Waals surface area contributed by atoms with Crippen LogP contribution in [-0.2, 0) is 6.42 Å². The molecule has 0 atom stereocenters. The topological polar surface area (TPSA) is 81.3 Å². The molecule has 3 rings (SSSR count). The first-order valence-corrected chi connectivity index (χ1v) is 9.31. The summed E-state index contributed by atoms with van der Waals surface area (Å²) < 4.78 is 0. The Hall–Kier alpha value is -2.57. The summed E-state index contributed by atoms with van der Waals surface area (Å²) in [5, 5.41) is 2.92. The molecule has 1 aliphatic heterocycles. The molecule has 26 heavy (non-hydrogen) atoms. The van der Waals surface area contributed by atoms with Gasteiger partial charge in [-0.2, -0.15) is 0 Å². The molecule has 3 amide bonds. The molecule has 1 aromatic heterocycles. The molecule has 0 saturated carbocycles. The van der Waals surface area contributed by atoms with Crippen molar-refractivity contribution >= 4 is 23.0 Å². The Morgan fingerprint density at radius 1 is 1.19 bits per heavy atom. The number of carbonyl (C=O) groups is 2. The number of aromatic nitrogens is 2. The molecule has 0 aliphatic carbocycles. The van der Waals surface area contributed by atoms with Gasteiger partial charge in [-0.15, -0.1) is 0 Å². The SMILES string of the molecule is CCc1nc2ccc(C(=O)N3CCCN(C(=O)NC(C)C)CC3)cc2[nH]1. The van der Waals surface area contributed by atoms with E-state index in [-0.39, 0.29) is 18.0 Å². The molecule has 1 aliphatic rings. The molecular weight excluding hydrogens is 330 g/mol. The lowest BCUT2D eigenvalue weighted by Gasteiger charge is -2.23. The smallest absolute Gasteiger partial charge is 0.317 e. The van der Waals surface area contributed by atoms with Crippen molar-refractivity contribution in [3.8, 4) is 0 Å². The number of amides is 3. The third kappa shape index (κ3) is 3.98. The first kappa shape index (κ1) is 18.2. The first-order valence-electron chi connectivity index (χ1n) is 9.31. The normalized spacial score (nSPS) is 15.4. The molecule has 0 radical (unpaired) electrons. The number of hydrogen-bond donors (Lipinski definition) is 2. The Morgan fingerprint density at radius 2 is 1.92 bits per heavy atom. The Balaban J connectivity index is 1.69. The van der Waals surface area contributed by atoms with Crippen molar-refractivity contribution in [3.05, 3.63) is 29.6 Å². The Kier molecular flexibility index (Phi) is 5.44. The fraction of sp³-hybridized carbons (Fsp3) is 0.526. The van der Waals surface area contributed by atoms with Crippen LogP contribution < -0.4 is 5.32 Å². The highest BCUT2D eigenvalue weighted by molar-refractivity contribution is 5.97. The molecule has 7 nitrogen and oxygen atoms in total. The average molecular weight is 357 g/mol. The monoisotopic (exact) mass is 357 g/mol. The summed E-state index contributed by atoms with van der Waals surface area (Å²) in [5.41, 5.74) is 2.43. The van der Waals surface area contributed by atoms with Crippen molar-refractivity contribution in [1.29, 1.82) is 0 Å². The maximum atomic E-state index is 12.9. The zero-order valence-corrected chi connectivity index (χ0v) is 15.7. The van der Waals surface area contributed by atoms with Gasteiger partial charge in [-0.05, 0) is 38.5 Å². The van der Waals surface area contributed by atoms with Crippen LogP contribution in [0.3, 0.4) is 0 Å². The van der Waals surface area contributed by atoms with Gasteiger partial charge in [0.05, 0.1) is 11.0 Å². The van der Waals surface area contributed by atoms with E-state index in [2.05, 4.69) is 15.3 Å². The van der Waals surface area contributed by atoms with Crippen molar-refractivity contribution < 1.29 is 9.59 Å². The van der Waals surface area contributed by atoms with Crippen LogP contribution in [0, 0.1) is 0 Å². The number of fused-ring (bicyclic) bond motifs is 1. The predicted molar refractivity (Wildman–Crippen MR) is 101 cm³/mol. The van der Waals surface area contributed by atoms with Crippen molar-refractivity contribution in [1.82, 2.24) is 25.1 Å². The maximum Gasteiger partial charge on any atom is 0.317 e. The summed E-state index contributed by atoms with van der Waals surface area (Å²) in [4.78, 5) is 36.4. The highest BCUT2D eigenvalue weighted by Crippen LogP contribution is 2.16. The standard InChI is InChI=1S/C19H27N5O2/c1-4-17-21-15-7-6-14(12-16(15)22-17)18(25)23-8-5-9-24(11-10-23)19(26)20-13(2)3/h6-7,12-13H,4-5,8-11H2,1-3H3,(H,20,26)(H,21,22). The molecule has 2 heterocycles. The molecule has 0 unspecified atom stereocenters. The van der Waals surface area contributed by atoms with E-state index in [1.54, 1.807) is 4.90 Å². The summed E-state index contributed by atoms with van der Waals surface area (Å²) in [6.07, 6.45) is 1.61. The number of aryl methyl sites for hydroxylation is 1. The van der Waals surface area contributed by atoms with Crippen LogP contribution in [-0.4, -0.2) is 63.9 Å². The molecule has 0 bridgehead atoms. The molecular formula is C19H27N5O2. The molecule has 1 fully saturated rings. The number of nitrogens with one attached hydrogen (secondary N) is 2. The Labute approximate surface area is 153 Å². The van der Waals surface area contributed by atoms with Gasteiger partial charge < -0.3 is 20.1 Å². The molecule has 1 saturated heterocycles. The van der Waals surface area contributed by atoms with Gasteiger partial charge in [0.15, 0.2) is 0 Å². The summed E-state index contributed by atoms with van der Waals surface area (Å²) in [6.45, 7) is 8.36. The number of hydrogen-bond acceptors (Lipinski definition) is 3. The van der Waals surface area contributed by atoms with Crippen molar-refractivity contribution in [2.45, 2.75) is 39.7 Å². The van der Waals surface area contributed by atoms with Crippen molar-refractivity contribution in [2.75, 3.05) is 26.2 Å². The second-order valence-corrected chi connectivity index (χ2v) is 7.01. The summed E-state index contributed by atoms with van der Waals surface area (Å²) in [7, 11) is 0. The molecule has 2 N–H and O–H groups in total. The van der Waals surface area contributed by atoms with E-state index in [9.17, 15) is 9.59 Å². The van der Waals surface area contributed by atoms with E-state index in [1.807, 2.05) is 43.9 Å². The summed E-state index contributed by atoms with van der Waals surface area (Å²) >= 11 is 0. The van der Waals surface area contributed by atoms with Gasteiger partial charge in [-0.3, -0.25) is 4.79 Å². The molecule has 7 heteroatoms. The van der Waals surface area contributed by atoms with E-state index in [1.165, 1.54) is 0 Å². The van der Waals surface area contributed by atoms with Gasteiger partial charge in [-0.1, -0.05) is 6.92 Å². The zero-order chi connectivity index (χ0) is 18.7. The second kappa shape index (κ2) is 7.76. The van der Waals surface area contributed by atoms with Gasteiger partial charge in [0.1, 0.15) is 5.82 Å². The third-order valence-electron chi connectivity index (χ3n) is 4.60. The lowest BCUT2D eigenvalue weighted by Crippen LogP contribution is -2.44. The first-order chi connectivity index (χ1) is 12.5. The van der Waals surface area contributed by atoms with Crippen LogP contribution in [0.25, 0.3) is 11.0 Å². The van der Waals surface area contributed by atoms with Crippen LogP contribution >= 0.6 is 0 Å². The van der Waals surface area contributed by atoms with Gasteiger partial charge in [-0.25, -0.2) is 9.78 Å².